The van der Waals surface area contributed by atoms with Crippen LogP contribution in [0.15, 0.2) is 29.2 Å². The molecular weight excluding hydrogens is 296 g/mol. The molecule has 4 nitrogen and oxygen atoms in total. The van der Waals surface area contributed by atoms with Crippen molar-refractivity contribution in [3.8, 4) is 0 Å². The summed E-state index contributed by atoms with van der Waals surface area (Å²) in [5.74, 6) is 0. The van der Waals surface area contributed by atoms with Gasteiger partial charge in [0.05, 0.1) is 0 Å². The molecule has 1 aliphatic heterocycles. The van der Waals surface area contributed by atoms with E-state index in [0.717, 1.165) is 31.6 Å². The molecule has 1 amide bonds. The number of piperidine rings is 1. The molecule has 0 bridgehead atoms. The summed E-state index contributed by atoms with van der Waals surface area (Å²) < 4.78 is 5.43. The van der Waals surface area contributed by atoms with Gasteiger partial charge in [-0.25, -0.2) is 4.79 Å². The monoisotopic (exact) mass is 322 g/mol. The van der Waals surface area contributed by atoms with Crippen molar-refractivity contribution in [3.63, 3.8) is 0 Å². The third-order valence-electron chi connectivity index (χ3n) is 3.52. The first-order valence-electron chi connectivity index (χ1n) is 7.80. The summed E-state index contributed by atoms with van der Waals surface area (Å²) in [4.78, 5) is 15.2. The first kappa shape index (κ1) is 17.0. The fraction of sp³-hybridized carbons (Fsp3) is 0.588. The van der Waals surface area contributed by atoms with Crippen LogP contribution < -0.4 is 5.32 Å². The van der Waals surface area contributed by atoms with Crippen molar-refractivity contribution in [2.75, 3.05) is 25.5 Å². The number of carbonyl (C=O) groups is 1. The van der Waals surface area contributed by atoms with E-state index < -0.39 is 5.60 Å². The van der Waals surface area contributed by atoms with Gasteiger partial charge in [-0.15, -0.1) is 11.8 Å². The van der Waals surface area contributed by atoms with Gasteiger partial charge >= 0.3 is 6.09 Å². The molecule has 1 saturated heterocycles. The Labute approximate surface area is 137 Å². The molecule has 1 aliphatic rings. The normalized spacial score (nSPS) is 16.5. The van der Waals surface area contributed by atoms with Crippen LogP contribution in [0.1, 0.15) is 33.6 Å². The molecule has 1 aromatic rings. The standard InChI is InChI=1S/C17H26N2O2S/c1-17(2,3)21-16(20)19-10-8-14(9-11-19)22-15-7-5-6-13(12-15)18-4/h5-7,12,14,18H,8-11H2,1-4H3. The summed E-state index contributed by atoms with van der Waals surface area (Å²) in [5, 5.41) is 3.73. The molecule has 0 unspecified atom stereocenters. The van der Waals surface area contributed by atoms with E-state index in [2.05, 4.69) is 29.6 Å². The minimum absolute atomic E-state index is 0.187. The van der Waals surface area contributed by atoms with Gasteiger partial charge in [0.15, 0.2) is 0 Å². The molecule has 0 spiro atoms. The number of anilines is 1. The van der Waals surface area contributed by atoms with E-state index in [0.29, 0.717) is 5.25 Å². The van der Waals surface area contributed by atoms with Crippen molar-refractivity contribution >= 4 is 23.5 Å². The van der Waals surface area contributed by atoms with Crippen LogP contribution in [-0.4, -0.2) is 42.0 Å². The maximum absolute atomic E-state index is 12.1. The van der Waals surface area contributed by atoms with Gasteiger partial charge in [-0.05, 0) is 51.8 Å². The van der Waals surface area contributed by atoms with Crippen molar-refractivity contribution < 1.29 is 9.53 Å². The quantitative estimate of drug-likeness (QED) is 0.904. The fourth-order valence-electron chi connectivity index (χ4n) is 2.40. The number of thioether (sulfide) groups is 1. The minimum Gasteiger partial charge on any atom is -0.444 e. The Morgan fingerprint density at radius 1 is 1.32 bits per heavy atom. The predicted molar refractivity (Wildman–Crippen MR) is 92.7 cm³/mol. The van der Waals surface area contributed by atoms with Gasteiger partial charge in [-0.2, -0.15) is 0 Å². The number of likely N-dealkylation sites (tertiary alicyclic amines) is 1. The number of carbonyl (C=O) groups excluding carboxylic acids is 1. The zero-order chi connectivity index (χ0) is 16.2. The molecule has 0 atom stereocenters. The lowest BCUT2D eigenvalue weighted by Gasteiger charge is -2.33. The molecule has 0 radical (unpaired) electrons. The smallest absolute Gasteiger partial charge is 0.410 e. The Morgan fingerprint density at radius 2 is 2.00 bits per heavy atom. The largest absolute Gasteiger partial charge is 0.444 e. The number of hydrogen-bond donors (Lipinski definition) is 1. The highest BCUT2D eigenvalue weighted by atomic mass is 32.2. The zero-order valence-electron chi connectivity index (χ0n) is 13.9. The number of benzene rings is 1. The number of ether oxygens (including phenoxy) is 1. The Morgan fingerprint density at radius 3 is 2.59 bits per heavy atom. The van der Waals surface area contributed by atoms with Crippen LogP contribution in [-0.2, 0) is 4.74 Å². The topological polar surface area (TPSA) is 41.6 Å². The summed E-state index contributed by atoms with van der Waals surface area (Å²) in [6, 6.07) is 8.45. The van der Waals surface area contributed by atoms with Crippen LogP contribution in [0.2, 0.25) is 0 Å². The van der Waals surface area contributed by atoms with Crippen molar-refractivity contribution in [1.29, 1.82) is 0 Å². The van der Waals surface area contributed by atoms with Crippen molar-refractivity contribution in [2.24, 2.45) is 0 Å². The van der Waals surface area contributed by atoms with Crippen LogP contribution in [0, 0.1) is 0 Å². The van der Waals surface area contributed by atoms with E-state index in [1.165, 1.54) is 4.90 Å². The van der Waals surface area contributed by atoms with Gasteiger partial charge in [-0.1, -0.05) is 6.07 Å². The second kappa shape index (κ2) is 7.27. The van der Waals surface area contributed by atoms with Crippen LogP contribution in [0.25, 0.3) is 0 Å². The van der Waals surface area contributed by atoms with Crippen molar-refractivity contribution in [1.82, 2.24) is 4.90 Å². The van der Waals surface area contributed by atoms with E-state index in [9.17, 15) is 4.79 Å². The summed E-state index contributed by atoms with van der Waals surface area (Å²) in [7, 11) is 1.93. The second-order valence-electron chi connectivity index (χ2n) is 6.56. The molecule has 1 aromatic carbocycles. The fourth-order valence-corrected chi connectivity index (χ4v) is 3.58. The Bertz CT molecular complexity index is 506. The predicted octanol–water partition coefficient (Wildman–Crippen LogP) is 4.22. The average molecular weight is 322 g/mol. The van der Waals surface area contributed by atoms with Gasteiger partial charge in [0.1, 0.15) is 5.60 Å². The van der Waals surface area contributed by atoms with Crippen LogP contribution in [0.4, 0.5) is 10.5 Å². The first-order valence-corrected chi connectivity index (χ1v) is 8.68. The Kier molecular flexibility index (Phi) is 5.62. The van der Waals surface area contributed by atoms with Crippen molar-refractivity contribution in [2.45, 2.75) is 49.4 Å². The van der Waals surface area contributed by atoms with E-state index >= 15 is 0 Å². The summed E-state index contributed by atoms with van der Waals surface area (Å²) >= 11 is 1.90. The van der Waals surface area contributed by atoms with E-state index in [1.807, 2.05) is 44.5 Å². The highest BCUT2D eigenvalue weighted by Crippen LogP contribution is 2.32. The van der Waals surface area contributed by atoms with Gasteiger partial charge in [0.2, 0.25) is 0 Å². The Hall–Kier alpha value is -1.36. The number of hydrogen-bond acceptors (Lipinski definition) is 4. The number of nitrogens with zero attached hydrogens (tertiary/aromatic N) is 1. The molecule has 122 valence electrons. The summed E-state index contributed by atoms with van der Waals surface area (Å²) in [6.07, 6.45) is 1.83. The number of nitrogens with one attached hydrogen (secondary N) is 1. The molecule has 0 aliphatic carbocycles. The third kappa shape index (κ3) is 5.13. The zero-order valence-corrected chi connectivity index (χ0v) is 14.7. The summed E-state index contributed by atoms with van der Waals surface area (Å²) in [6.45, 7) is 7.27. The lowest BCUT2D eigenvalue weighted by atomic mass is 10.1. The second-order valence-corrected chi connectivity index (χ2v) is 7.94. The van der Waals surface area contributed by atoms with Crippen LogP contribution in [0.3, 0.4) is 0 Å². The lowest BCUT2D eigenvalue weighted by molar-refractivity contribution is 0.0219. The third-order valence-corrected chi connectivity index (χ3v) is 4.85. The van der Waals surface area contributed by atoms with Gasteiger partial charge in [0, 0.05) is 36.0 Å². The molecule has 22 heavy (non-hydrogen) atoms. The molecule has 1 N–H and O–H groups in total. The molecule has 1 fully saturated rings. The van der Waals surface area contributed by atoms with E-state index in [1.54, 1.807) is 0 Å². The number of amides is 1. The molecular formula is C17H26N2O2S. The maximum atomic E-state index is 12.1. The van der Waals surface area contributed by atoms with Gasteiger partial charge in [0.25, 0.3) is 0 Å². The Balaban J connectivity index is 1.83. The SMILES string of the molecule is CNc1cccc(SC2CCN(C(=O)OC(C)(C)C)CC2)c1. The number of rotatable bonds is 3. The lowest BCUT2D eigenvalue weighted by Crippen LogP contribution is -2.42. The summed E-state index contributed by atoms with van der Waals surface area (Å²) in [5.41, 5.74) is 0.715. The molecule has 0 saturated carbocycles. The molecule has 0 aromatic heterocycles. The van der Waals surface area contributed by atoms with Gasteiger partial charge < -0.3 is 15.0 Å². The van der Waals surface area contributed by atoms with E-state index in [4.69, 9.17) is 4.74 Å². The maximum Gasteiger partial charge on any atom is 0.410 e. The van der Waals surface area contributed by atoms with E-state index in [-0.39, 0.29) is 6.09 Å². The van der Waals surface area contributed by atoms with Crippen LogP contribution in [0.5, 0.6) is 0 Å². The molecule has 5 heteroatoms. The van der Waals surface area contributed by atoms with Crippen molar-refractivity contribution in [3.05, 3.63) is 24.3 Å². The molecule has 2 rings (SSSR count). The van der Waals surface area contributed by atoms with Crippen LogP contribution >= 0.6 is 11.8 Å². The highest BCUT2D eigenvalue weighted by Gasteiger charge is 2.27. The average Bonchev–Trinajstić information content (AvgIpc) is 2.46. The first-order chi connectivity index (χ1) is 10.4. The highest BCUT2D eigenvalue weighted by molar-refractivity contribution is 8.00. The molecule has 1 heterocycles. The minimum atomic E-state index is -0.420. The van der Waals surface area contributed by atoms with Gasteiger partial charge in [-0.3, -0.25) is 0 Å².